The van der Waals surface area contributed by atoms with E-state index in [4.69, 9.17) is 9.84 Å². The predicted octanol–water partition coefficient (Wildman–Crippen LogP) is 1.60. The molecule has 1 N–H and O–H groups in total. The molecule has 0 spiro atoms. The Kier molecular flexibility index (Phi) is 4.05. The fourth-order valence-corrected chi connectivity index (χ4v) is 2.91. The van der Waals surface area contributed by atoms with Gasteiger partial charge in [-0.1, -0.05) is 0 Å². The Morgan fingerprint density at radius 1 is 1.41 bits per heavy atom. The number of hydrogen-bond acceptors (Lipinski definition) is 3. The van der Waals surface area contributed by atoms with E-state index < -0.39 is 5.97 Å². The average molecular weight is 241 g/mol. The number of rotatable bonds is 6. The Balaban J connectivity index is 1.73. The van der Waals surface area contributed by atoms with Crippen LogP contribution in [0.15, 0.2) is 0 Å². The van der Waals surface area contributed by atoms with Crippen molar-refractivity contribution in [1.82, 2.24) is 4.90 Å². The molecule has 0 radical (unpaired) electrons. The molecule has 4 nitrogen and oxygen atoms in total. The van der Waals surface area contributed by atoms with Gasteiger partial charge in [-0.3, -0.25) is 4.79 Å². The van der Waals surface area contributed by atoms with E-state index in [1.54, 1.807) is 7.11 Å². The summed E-state index contributed by atoms with van der Waals surface area (Å²) in [5.74, 6) is 0.0580. The number of likely N-dealkylation sites (tertiary alicyclic amines) is 1. The lowest BCUT2D eigenvalue weighted by Crippen LogP contribution is -2.39. The highest BCUT2D eigenvalue weighted by molar-refractivity contribution is 5.68. The van der Waals surface area contributed by atoms with Crippen molar-refractivity contribution in [3.63, 3.8) is 0 Å². The van der Waals surface area contributed by atoms with Crippen LogP contribution in [0.2, 0.25) is 0 Å². The lowest BCUT2D eigenvalue weighted by atomic mass is 9.95. The van der Waals surface area contributed by atoms with E-state index in [9.17, 15) is 4.79 Å². The molecule has 0 aromatic heterocycles. The zero-order chi connectivity index (χ0) is 12.3. The van der Waals surface area contributed by atoms with Gasteiger partial charge in [0.1, 0.15) is 0 Å². The zero-order valence-corrected chi connectivity index (χ0v) is 10.7. The number of hydrogen-bond donors (Lipinski definition) is 1. The normalized spacial score (nSPS) is 24.8. The summed E-state index contributed by atoms with van der Waals surface area (Å²) in [4.78, 5) is 13.2. The van der Waals surface area contributed by atoms with Crippen molar-refractivity contribution in [2.75, 3.05) is 33.4 Å². The number of ether oxygens (including phenoxy) is 1. The Labute approximate surface area is 103 Å². The summed E-state index contributed by atoms with van der Waals surface area (Å²) in [6, 6.07) is 0. The van der Waals surface area contributed by atoms with Crippen LogP contribution in [0.5, 0.6) is 0 Å². The van der Waals surface area contributed by atoms with Gasteiger partial charge in [0.05, 0.1) is 6.42 Å². The van der Waals surface area contributed by atoms with Crippen LogP contribution in [0.1, 0.15) is 32.1 Å². The number of carbonyl (C=O) groups is 1. The van der Waals surface area contributed by atoms with Crippen molar-refractivity contribution in [1.29, 1.82) is 0 Å². The van der Waals surface area contributed by atoms with Gasteiger partial charge in [0.15, 0.2) is 0 Å². The van der Waals surface area contributed by atoms with E-state index >= 15 is 0 Å². The van der Waals surface area contributed by atoms with Crippen LogP contribution in [0, 0.1) is 11.3 Å². The van der Waals surface area contributed by atoms with Gasteiger partial charge in [0, 0.05) is 20.3 Å². The summed E-state index contributed by atoms with van der Waals surface area (Å²) in [7, 11) is 1.76. The monoisotopic (exact) mass is 241 g/mol. The van der Waals surface area contributed by atoms with Crippen molar-refractivity contribution >= 4 is 5.97 Å². The maximum Gasteiger partial charge on any atom is 0.303 e. The Hall–Kier alpha value is -0.610. The molecule has 2 fully saturated rings. The second-order valence-corrected chi connectivity index (χ2v) is 5.75. The Bertz CT molecular complexity index is 268. The van der Waals surface area contributed by atoms with E-state index in [0.29, 0.717) is 12.3 Å². The van der Waals surface area contributed by atoms with Gasteiger partial charge in [0.25, 0.3) is 0 Å². The van der Waals surface area contributed by atoms with Gasteiger partial charge in [0.2, 0.25) is 0 Å². The van der Waals surface area contributed by atoms with E-state index in [1.807, 2.05) is 0 Å². The molecule has 1 saturated heterocycles. The van der Waals surface area contributed by atoms with Gasteiger partial charge >= 0.3 is 5.97 Å². The van der Waals surface area contributed by atoms with Gasteiger partial charge in [-0.25, -0.2) is 0 Å². The van der Waals surface area contributed by atoms with Crippen LogP contribution in [0.25, 0.3) is 0 Å². The summed E-state index contributed by atoms with van der Waals surface area (Å²) in [5.41, 5.74) is 0.111. The second-order valence-electron chi connectivity index (χ2n) is 5.75. The van der Waals surface area contributed by atoms with Crippen molar-refractivity contribution in [2.24, 2.45) is 11.3 Å². The van der Waals surface area contributed by atoms with Gasteiger partial charge in [-0.15, -0.1) is 0 Å². The first-order valence-electron chi connectivity index (χ1n) is 6.57. The van der Waals surface area contributed by atoms with E-state index in [0.717, 1.165) is 39.1 Å². The Morgan fingerprint density at radius 2 is 2.06 bits per heavy atom. The first kappa shape index (κ1) is 12.8. The molecule has 2 rings (SSSR count). The highest BCUT2D eigenvalue weighted by Gasteiger charge is 2.45. The maximum atomic E-state index is 10.8. The third kappa shape index (κ3) is 3.68. The predicted molar refractivity (Wildman–Crippen MR) is 65.0 cm³/mol. The molecule has 1 aliphatic carbocycles. The third-order valence-electron chi connectivity index (χ3n) is 4.15. The van der Waals surface area contributed by atoms with E-state index in [-0.39, 0.29) is 5.41 Å². The number of carboxylic acids is 1. The lowest BCUT2D eigenvalue weighted by molar-refractivity contribution is -0.138. The van der Waals surface area contributed by atoms with Gasteiger partial charge in [-0.2, -0.15) is 0 Å². The number of nitrogens with zero attached hydrogens (tertiary/aromatic N) is 1. The smallest absolute Gasteiger partial charge is 0.303 e. The standard InChI is InChI=1S/C13H23NO3/c1-17-9-11-2-6-14(7-3-11)10-13(4-5-13)8-12(15)16/h11H,2-10H2,1H3,(H,15,16). The molecule has 1 aliphatic heterocycles. The summed E-state index contributed by atoms with van der Waals surface area (Å²) in [6.45, 7) is 4.07. The van der Waals surface area contributed by atoms with Crippen LogP contribution in [0.4, 0.5) is 0 Å². The van der Waals surface area contributed by atoms with Crippen molar-refractivity contribution in [2.45, 2.75) is 32.1 Å². The van der Waals surface area contributed by atoms with Crippen LogP contribution in [-0.4, -0.2) is 49.3 Å². The quantitative estimate of drug-likeness (QED) is 0.767. The molecule has 0 atom stereocenters. The molecule has 2 aliphatic rings. The Morgan fingerprint density at radius 3 is 2.53 bits per heavy atom. The molecule has 1 heterocycles. The van der Waals surface area contributed by atoms with E-state index in [1.165, 1.54) is 12.8 Å². The molecule has 0 aromatic carbocycles. The largest absolute Gasteiger partial charge is 0.481 e. The fraction of sp³-hybridized carbons (Fsp3) is 0.923. The highest BCUT2D eigenvalue weighted by Crippen LogP contribution is 2.49. The number of aliphatic carboxylic acids is 1. The first-order chi connectivity index (χ1) is 8.13. The fourth-order valence-electron chi connectivity index (χ4n) is 2.91. The molecule has 0 unspecified atom stereocenters. The summed E-state index contributed by atoms with van der Waals surface area (Å²) in [6.07, 6.45) is 4.92. The van der Waals surface area contributed by atoms with E-state index in [2.05, 4.69) is 4.90 Å². The molecule has 0 aromatic rings. The minimum absolute atomic E-state index is 0.111. The summed E-state index contributed by atoms with van der Waals surface area (Å²) >= 11 is 0. The first-order valence-corrected chi connectivity index (χ1v) is 6.57. The maximum absolute atomic E-state index is 10.8. The zero-order valence-electron chi connectivity index (χ0n) is 10.7. The number of piperidine rings is 1. The molecule has 0 bridgehead atoms. The average Bonchev–Trinajstić information content (AvgIpc) is 3.00. The van der Waals surface area contributed by atoms with Crippen molar-refractivity contribution in [3.05, 3.63) is 0 Å². The lowest BCUT2D eigenvalue weighted by Gasteiger charge is -2.33. The summed E-state index contributed by atoms with van der Waals surface area (Å²) < 4.78 is 5.19. The van der Waals surface area contributed by atoms with Crippen LogP contribution in [-0.2, 0) is 9.53 Å². The molecule has 1 saturated carbocycles. The minimum atomic E-state index is -0.642. The van der Waals surface area contributed by atoms with Crippen molar-refractivity contribution in [3.8, 4) is 0 Å². The van der Waals surface area contributed by atoms with Crippen LogP contribution >= 0.6 is 0 Å². The molecular weight excluding hydrogens is 218 g/mol. The van der Waals surface area contributed by atoms with Gasteiger partial charge in [-0.05, 0) is 50.1 Å². The topological polar surface area (TPSA) is 49.8 Å². The second kappa shape index (κ2) is 5.36. The molecule has 98 valence electrons. The SMILES string of the molecule is COCC1CCN(CC2(CC(=O)O)CC2)CC1. The van der Waals surface area contributed by atoms with Crippen molar-refractivity contribution < 1.29 is 14.6 Å². The van der Waals surface area contributed by atoms with Crippen LogP contribution < -0.4 is 0 Å². The molecule has 0 amide bonds. The minimum Gasteiger partial charge on any atom is -0.481 e. The number of methoxy groups -OCH3 is 1. The molecule has 17 heavy (non-hydrogen) atoms. The van der Waals surface area contributed by atoms with Gasteiger partial charge < -0.3 is 14.7 Å². The third-order valence-corrected chi connectivity index (χ3v) is 4.15. The number of carboxylic acid groups (broad SMARTS) is 1. The van der Waals surface area contributed by atoms with Crippen LogP contribution in [0.3, 0.4) is 0 Å². The molecular formula is C13H23NO3. The summed E-state index contributed by atoms with van der Waals surface area (Å²) in [5, 5.41) is 8.90. The highest BCUT2D eigenvalue weighted by atomic mass is 16.5. The molecule has 4 heteroatoms.